The summed E-state index contributed by atoms with van der Waals surface area (Å²) in [7, 11) is 1.91. The molecule has 1 aromatic carbocycles. The lowest BCUT2D eigenvalue weighted by Crippen LogP contribution is -2.48. The van der Waals surface area contributed by atoms with Crippen LogP contribution in [0.25, 0.3) is 0 Å². The highest BCUT2D eigenvalue weighted by Gasteiger charge is 2.43. The van der Waals surface area contributed by atoms with Gasteiger partial charge in [-0.15, -0.1) is 0 Å². The van der Waals surface area contributed by atoms with Gasteiger partial charge in [0, 0.05) is 25.0 Å². The molecule has 3 rings (SSSR count). The third-order valence-corrected chi connectivity index (χ3v) is 4.95. The Kier molecular flexibility index (Phi) is 4.29. The summed E-state index contributed by atoms with van der Waals surface area (Å²) in [5, 5.41) is 3.08. The summed E-state index contributed by atoms with van der Waals surface area (Å²) in [6.07, 6.45) is 5.34. The normalized spacial score (nSPS) is 24.5. The Bertz CT molecular complexity index is 504. The van der Waals surface area contributed by atoms with E-state index in [-0.39, 0.29) is 0 Å². The van der Waals surface area contributed by atoms with Crippen LogP contribution in [-0.2, 0) is 4.79 Å². The molecule has 2 aliphatic rings. The summed E-state index contributed by atoms with van der Waals surface area (Å²) in [6.45, 7) is 2.98. The van der Waals surface area contributed by atoms with Crippen molar-refractivity contribution in [1.82, 2.24) is 10.2 Å². The van der Waals surface area contributed by atoms with Crippen LogP contribution >= 0.6 is 0 Å². The third-order valence-electron chi connectivity index (χ3n) is 4.95. The van der Waals surface area contributed by atoms with Crippen LogP contribution < -0.4 is 5.32 Å². The zero-order valence-electron chi connectivity index (χ0n) is 13.1. The summed E-state index contributed by atoms with van der Waals surface area (Å²) in [5.41, 5.74) is 2.87. The smallest absolute Gasteiger partial charge is 0.224 e. The zero-order valence-corrected chi connectivity index (χ0v) is 13.1. The minimum Gasteiger partial charge on any atom is -0.337 e. The average Bonchev–Trinajstić information content (AvgIpc) is 3.25. The number of amides is 1. The average molecular weight is 286 g/mol. The van der Waals surface area contributed by atoms with Gasteiger partial charge in [-0.3, -0.25) is 4.79 Å². The summed E-state index contributed by atoms with van der Waals surface area (Å²) >= 11 is 0. The van der Waals surface area contributed by atoms with Crippen LogP contribution in [0.1, 0.15) is 49.1 Å². The Morgan fingerprint density at radius 2 is 1.95 bits per heavy atom. The van der Waals surface area contributed by atoms with E-state index in [1.54, 1.807) is 0 Å². The molecule has 0 aliphatic heterocycles. The number of carbonyl (C=O) groups excluding carboxylic acids is 1. The first-order valence-electron chi connectivity index (χ1n) is 8.22. The van der Waals surface area contributed by atoms with Crippen molar-refractivity contribution in [3.63, 3.8) is 0 Å². The highest BCUT2D eigenvalue weighted by Crippen LogP contribution is 2.44. The fourth-order valence-corrected chi connectivity index (χ4v) is 3.53. The van der Waals surface area contributed by atoms with Gasteiger partial charge in [0.05, 0.1) is 0 Å². The molecule has 0 radical (unpaired) electrons. The Hall–Kier alpha value is -1.35. The molecule has 21 heavy (non-hydrogen) atoms. The molecule has 0 aromatic heterocycles. The topological polar surface area (TPSA) is 32.3 Å². The molecule has 0 unspecified atom stereocenters. The van der Waals surface area contributed by atoms with Crippen LogP contribution in [-0.4, -0.2) is 36.5 Å². The Morgan fingerprint density at radius 1 is 1.24 bits per heavy atom. The van der Waals surface area contributed by atoms with Crippen LogP contribution in [0.5, 0.6) is 0 Å². The summed E-state index contributed by atoms with van der Waals surface area (Å²) in [6, 6.07) is 9.70. The fraction of sp³-hybridized carbons (Fsp3) is 0.611. The summed E-state index contributed by atoms with van der Waals surface area (Å²) < 4.78 is 0. The van der Waals surface area contributed by atoms with E-state index in [2.05, 4.69) is 41.4 Å². The van der Waals surface area contributed by atoms with Gasteiger partial charge in [0.1, 0.15) is 0 Å². The van der Waals surface area contributed by atoms with Crippen molar-refractivity contribution in [2.24, 2.45) is 0 Å². The molecule has 0 atom stereocenters. The molecule has 3 heteroatoms. The molecule has 0 heterocycles. The van der Waals surface area contributed by atoms with E-state index in [9.17, 15) is 4.79 Å². The van der Waals surface area contributed by atoms with E-state index in [1.807, 2.05) is 7.05 Å². The molecular formula is C18H26N2O. The van der Waals surface area contributed by atoms with Gasteiger partial charge in [0.15, 0.2) is 0 Å². The van der Waals surface area contributed by atoms with Crippen LogP contribution in [0.15, 0.2) is 24.3 Å². The Labute approximate surface area is 127 Å². The lowest BCUT2D eigenvalue weighted by atomic mass is 9.73. The van der Waals surface area contributed by atoms with Crippen molar-refractivity contribution in [3.05, 3.63) is 35.4 Å². The Morgan fingerprint density at radius 3 is 2.57 bits per heavy atom. The second-order valence-corrected chi connectivity index (χ2v) is 6.56. The quantitative estimate of drug-likeness (QED) is 0.872. The van der Waals surface area contributed by atoms with E-state index < -0.39 is 0 Å². The van der Waals surface area contributed by atoms with Gasteiger partial charge in [-0.25, -0.2) is 0 Å². The molecule has 2 aliphatic carbocycles. The first-order chi connectivity index (χ1) is 10.2. The number of hydrogen-bond acceptors (Lipinski definition) is 2. The van der Waals surface area contributed by atoms with Crippen molar-refractivity contribution >= 4 is 5.91 Å². The van der Waals surface area contributed by atoms with E-state index in [1.165, 1.54) is 24.0 Å². The molecule has 0 saturated heterocycles. The highest BCUT2D eigenvalue weighted by atomic mass is 16.2. The largest absolute Gasteiger partial charge is 0.337 e. The van der Waals surface area contributed by atoms with Crippen molar-refractivity contribution in [2.75, 3.05) is 13.6 Å². The second kappa shape index (κ2) is 6.18. The molecule has 0 spiro atoms. The molecule has 1 amide bonds. The number of carbonyl (C=O) groups is 1. The maximum absolute atomic E-state index is 12.4. The summed E-state index contributed by atoms with van der Waals surface area (Å²) in [5.74, 6) is 0.995. The van der Waals surface area contributed by atoms with E-state index in [0.29, 0.717) is 30.3 Å². The van der Waals surface area contributed by atoms with Gasteiger partial charge in [-0.05, 0) is 56.7 Å². The number of nitrogens with one attached hydrogen (secondary N) is 1. The standard InChI is InChI=1S/C18H26N2O/c1-13-5-3-4-6-17(13)14-11-16(12-14)20(15-7-8-15)18(21)9-10-19-2/h3-6,14-16,19H,7-12H2,1-2H3. The predicted molar refractivity (Wildman–Crippen MR) is 85.4 cm³/mol. The van der Waals surface area contributed by atoms with Gasteiger partial charge in [-0.1, -0.05) is 24.3 Å². The predicted octanol–water partition coefficient (Wildman–Crippen LogP) is 2.84. The van der Waals surface area contributed by atoms with Gasteiger partial charge >= 0.3 is 0 Å². The van der Waals surface area contributed by atoms with E-state index >= 15 is 0 Å². The van der Waals surface area contributed by atoms with Crippen LogP contribution in [0, 0.1) is 6.92 Å². The number of rotatable bonds is 6. The SMILES string of the molecule is CNCCC(=O)N(C1CC1)C1CC(c2ccccc2C)C1. The maximum atomic E-state index is 12.4. The molecule has 1 aromatic rings. The van der Waals surface area contributed by atoms with Gasteiger partial charge in [0.25, 0.3) is 0 Å². The molecule has 114 valence electrons. The van der Waals surface area contributed by atoms with E-state index in [4.69, 9.17) is 0 Å². The van der Waals surface area contributed by atoms with Crippen LogP contribution in [0.3, 0.4) is 0 Å². The fourth-order valence-electron chi connectivity index (χ4n) is 3.53. The lowest BCUT2D eigenvalue weighted by Gasteiger charge is -2.44. The molecule has 2 saturated carbocycles. The second-order valence-electron chi connectivity index (χ2n) is 6.56. The molecular weight excluding hydrogens is 260 g/mol. The van der Waals surface area contributed by atoms with Crippen molar-refractivity contribution in [1.29, 1.82) is 0 Å². The number of nitrogens with zero attached hydrogens (tertiary/aromatic N) is 1. The first-order valence-corrected chi connectivity index (χ1v) is 8.22. The van der Waals surface area contributed by atoms with Gasteiger partial charge in [0.2, 0.25) is 5.91 Å². The maximum Gasteiger partial charge on any atom is 0.224 e. The van der Waals surface area contributed by atoms with Crippen molar-refractivity contribution in [3.8, 4) is 0 Å². The van der Waals surface area contributed by atoms with Gasteiger partial charge < -0.3 is 10.2 Å². The number of hydrogen-bond donors (Lipinski definition) is 1. The molecule has 3 nitrogen and oxygen atoms in total. The minimum atomic E-state index is 0.347. The molecule has 2 fully saturated rings. The highest BCUT2D eigenvalue weighted by molar-refractivity contribution is 5.77. The van der Waals surface area contributed by atoms with Crippen LogP contribution in [0.2, 0.25) is 0 Å². The monoisotopic (exact) mass is 286 g/mol. The van der Waals surface area contributed by atoms with Crippen molar-refractivity contribution in [2.45, 2.75) is 57.0 Å². The van der Waals surface area contributed by atoms with E-state index in [0.717, 1.165) is 19.4 Å². The first kappa shape index (κ1) is 14.6. The summed E-state index contributed by atoms with van der Waals surface area (Å²) in [4.78, 5) is 14.6. The lowest BCUT2D eigenvalue weighted by molar-refractivity contribution is -0.136. The van der Waals surface area contributed by atoms with Crippen molar-refractivity contribution < 1.29 is 4.79 Å². The number of aryl methyl sites for hydroxylation is 1. The zero-order chi connectivity index (χ0) is 14.8. The minimum absolute atomic E-state index is 0.347. The Balaban J connectivity index is 1.60. The number of benzene rings is 1. The molecule has 1 N–H and O–H groups in total. The van der Waals surface area contributed by atoms with Crippen LogP contribution in [0.4, 0.5) is 0 Å². The third kappa shape index (κ3) is 3.13. The molecule has 0 bridgehead atoms. The van der Waals surface area contributed by atoms with Gasteiger partial charge in [-0.2, -0.15) is 0 Å².